The summed E-state index contributed by atoms with van der Waals surface area (Å²) in [6.45, 7) is 1.67. The first-order valence-electron chi connectivity index (χ1n) is 6.46. The molecule has 20 heavy (non-hydrogen) atoms. The Kier molecular flexibility index (Phi) is 4.43. The number of amides is 2. The maximum atomic E-state index is 12.3. The van der Waals surface area contributed by atoms with Gasteiger partial charge >= 0.3 is 18.0 Å². The van der Waals surface area contributed by atoms with Crippen molar-refractivity contribution in [2.24, 2.45) is 5.92 Å². The number of hydrogen-bond acceptors (Lipinski definition) is 5. The van der Waals surface area contributed by atoms with Crippen molar-refractivity contribution in [3.8, 4) is 0 Å². The average molecular weight is 286 g/mol. The van der Waals surface area contributed by atoms with Crippen LogP contribution >= 0.6 is 0 Å². The molecule has 0 spiro atoms. The molecule has 2 aliphatic heterocycles. The van der Waals surface area contributed by atoms with Crippen LogP contribution in [0.5, 0.6) is 0 Å². The smallest absolute Gasteiger partial charge is 0.331 e. The van der Waals surface area contributed by atoms with E-state index in [4.69, 9.17) is 9.84 Å². The van der Waals surface area contributed by atoms with Crippen LogP contribution in [0.3, 0.4) is 0 Å². The Morgan fingerprint density at radius 3 is 2.65 bits per heavy atom. The second-order valence-corrected chi connectivity index (χ2v) is 4.96. The van der Waals surface area contributed by atoms with Crippen molar-refractivity contribution >= 4 is 18.0 Å². The summed E-state index contributed by atoms with van der Waals surface area (Å²) in [5, 5.41) is 8.68. The highest BCUT2D eigenvalue weighted by Crippen LogP contribution is 2.22. The van der Waals surface area contributed by atoms with Crippen LogP contribution in [0, 0.1) is 5.92 Å². The number of urea groups is 1. The van der Waals surface area contributed by atoms with Crippen LogP contribution in [0.2, 0.25) is 0 Å². The Balaban J connectivity index is 1.91. The molecule has 1 unspecified atom stereocenters. The van der Waals surface area contributed by atoms with E-state index in [9.17, 15) is 14.4 Å². The molecule has 2 amide bonds. The normalized spacial score (nSPS) is 23.1. The number of ether oxygens (including phenoxy) is 2. The van der Waals surface area contributed by atoms with Gasteiger partial charge in [0.2, 0.25) is 0 Å². The van der Waals surface area contributed by atoms with E-state index in [0.29, 0.717) is 26.2 Å². The highest BCUT2D eigenvalue weighted by Gasteiger charge is 2.40. The van der Waals surface area contributed by atoms with Crippen LogP contribution in [0.1, 0.15) is 6.42 Å². The molecule has 2 heterocycles. The Morgan fingerprint density at radius 2 is 2.05 bits per heavy atom. The van der Waals surface area contributed by atoms with E-state index in [0.717, 1.165) is 0 Å². The van der Waals surface area contributed by atoms with E-state index < -0.39 is 18.0 Å². The first kappa shape index (κ1) is 14.6. The molecule has 1 atom stereocenters. The largest absolute Gasteiger partial charge is 0.481 e. The van der Waals surface area contributed by atoms with Crippen LogP contribution in [0.15, 0.2) is 0 Å². The van der Waals surface area contributed by atoms with Gasteiger partial charge < -0.3 is 24.4 Å². The number of esters is 1. The van der Waals surface area contributed by atoms with Gasteiger partial charge in [-0.15, -0.1) is 0 Å². The Bertz CT molecular complexity index is 407. The van der Waals surface area contributed by atoms with Gasteiger partial charge in [0, 0.05) is 25.6 Å². The van der Waals surface area contributed by atoms with Crippen molar-refractivity contribution in [1.82, 2.24) is 9.80 Å². The lowest BCUT2D eigenvalue weighted by molar-refractivity contribution is -0.151. The third kappa shape index (κ3) is 3.01. The van der Waals surface area contributed by atoms with Crippen molar-refractivity contribution in [1.29, 1.82) is 0 Å². The second-order valence-electron chi connectivity index (χ2n) is 4.96. The predicted octanol–water partition coefficient (Wildman–Crippen LogP) is -0.613. The van der Waals surface area contributed by atoms with Gasteiger partial charge in [-0.3, -0.25) is 4.79 Å². The monoisotopic (exact) mass is 286 g/mol. The second kappa shape index (κ2) is 6.08. The average Bonchev–Trinajstić information content (AvgIpc) is 2.40. The lowest BCUT2D eigenvalue weighted by Crippen LogP contribution is -2.61. The number of methoxy groups -OCH3 is 1. The predicted molar refractivity (Wildman–Crippen MR) is 66.0 cm³/mol. The van der Waals surface area contributed by atoms with E-state index >= 15 is 0 Å². The Labute approximate surface area is 116 Å². The summed E-state index contributed by atoms with van der Waals surface area (Å²) in [6.07, 6.45) is 0.0628. The molecule has 0 saturated carbocycles. The van der Waals surface area contributed by atoms with E-state index in [2.05, 4.69) is 4.74 Å². The molecule has 0 aliphatic carbocycles. The summed E-state index contributed by atoms with van der Waals surface area (Å²) in [7, 11) is 1.27. The minimum absolute atomic E-state index is 0.00549. The number of carbonyl (C=O) groups is 3. The van der Waals surface area contributed by atoms with Crippen LogP contribution in [-0.4, -0.2) is 78.9 Å². The fraction of sp³-hybridized carbons (Fsp3) is 0.750. The molecule has 112 valence electrons. The number of carboxylic acid groups (broad SMARTS) is 1. The van der Waals surface area contributed by atoms with E-state index in [1.54, 1.807) is 4.90 Å². The molecule has 0 aromatic carbocycles. The first-order valence-corrected chi connectivity index (χ1v) is 6.46. The van der Waals surface area contributed by atoms with Crippen molar-refractivity contribution in [2.75, 3.05) is 40.0 Å². The van der Waals surface area contributed by atoms with Gasteiger partial charge in [0.1, 0.15) is 0 Å². The molecule has 2 rings (SSSR count). The lowest BCUT2D eigenvalue weighted by atomic mass is 9.97. The molecule has 8 heteroatoms. The van der Waals surface area contributed by atoms with Gasteiger partial charge in [0.15, 0.2) is 6.04 Å². The van der Waals surface area contributed by atoms with E-state index in [1.165, 1.54) is 12.0 Å². The number of likely N-dealkylation sites (tertiary alicyclic amines) is 1. The minimum atomic E-state index is -0.860. The molecule has 1 N–H and O–H groups in total. The summed E-state index contributed by atoms with van der Waals surface area (Å²) in [4.78, 5) is 37.5. The fourth-order valence-electron chi connectivity index (χ4n) is 2.45. The highest BCUT2D eigenvalue weighted by atomic mass is 16.5. The molecule has 2 saturated heterocycles. The Hall–Kier alpha value is -1.83. The molecule has 8 nitrogen and oxygen atoms in total. The van der Waals surface area contributed by atoms with Crippen LogP contribution in [0.25, 0.3) is 0 Å². The van der Waals surface area contributed by atoms with Gasteiger partial charge in [-0.25, -0.2) is 9.59 Å². The number of hydrogen-bond donors (Lipinski definition) is 1. The number of carboxylic acids is 1. The van der Waals surface area contributed by atoms with E-state index in [1.807, 2.05) is 0 Å². The van der Waals surface area contributed by atoms with Crippen molar-refractivity contribution < 1.29 is 29.0 Å². The zero-order valence-electron chi connectivity index (χ0n) is 11.3. The zero-order valence-corrected chi connectivity index (χ0v) is 11.3. The fourth-order valence-corrected chi connectivity index (χ4v) is 2.45. The number of rotatable bonds is 3. The SMILES string of the molecule is COC(=O)C1COCCN1C(=O)N1CC(CC(=O)O)C1. The first-order chi connectivity index (χ1) is 9.52. The number of aliphatic carboxylic acids is 1. The summed E-state index contributed by atoms with van der Waals surface area (Å²) in [5.41, 5.74) is 0. The third-order valence-corrected chi connectivity index (χ3v) is 3.54. The van der Waals surface area contributed by atoms with Crippen molar-refractivity contribution in [2.45, 2.75) is 12.5 Å². The molecule has 0 aromatic rings. The minimum Gasteiger partial charge on any atom is -0.481 e. The third-order valence-electron chi connectivity index (χ3n) is 3.54. The maximum absolute atomic E-state index is 12.3. The quantitative estimate of drug-likeness (QED) is 0.695. The molecular formula is C12H18N2O6. The van der Waals surface area contributed by atoms with Gasteiger partial charge in [-0.1, -0.05) is 0 Å². The molecule has 0 radical (unpaired) electrons. The maximum Gasteiger partial charge on any atom is 0.331 e. The Morgan fingerprint density at radius 1 is 1.35 bits per heavy atom. The van der Waals surface area contributed by atoms with Crippen molar-refractivity contribution in [3.63, 3.8) is 0 Å². The lowest BCUT2D eigenvalue weighted by Gasteiger charge is -2.44. The standard InChI is InChI=1S/C12H18N2O6/c1-19-11(17)9-7-20-3-2-14(9)12(18)13-5-8(6-13)4-10(15)16/h8-9H,2-7H2,1H3,(H,15,16). The van der Waals surface area contributed by atoms with Crippen LogP contribution in [-0.2, 0) is 19.1 Å². The van der Waals surface area contributed by atoms with Gasteiger partial charge in [0.05, 0.1) is 26.7 Å². The molecule has 0 aromatic heterocycles. The number of carbonyl (C=O) groups excluding carboxylic acids is 2. The zero-order chi connectivity index (χ0) is 14.7. The van der Waals surface area contributed by atoms with Gasteiger partial charge in [-0.2, -0.15) is 0 Å². The summed E-state index contributed by atoms with van der Waals surface area (Å²) < 4.78 is 9.87. The number of morpholine rings is 1. The van der Waals surface area contributed by atoms with Crippen molar-refractivity contribution in [3.05, 3.63) is 0 Å². The number of nitrogens with zero attached hydrogens (tertiary/aromatic N) is 2. The highest BCUT2D eigenvalue weighted by molar-refractivity contribution is 5.84. The summed E-state index contributed by atoms with van der Waals surface area (Å²) in [5.74, 6) is -1.37. The molecule has 2 aliphatic rings. The molecular weight excluding hydrogens is 268 g/mol. The van der Waals surface area contributed by atoms with E-state index in [-0.39, 0.29) is 25.0 Å². The topological polar surface area (TPSA) is 96.4 Å². The van der Waals surface area contributed by atoms with Gasteiger partial charge in [0.25, 0.3) is 0 Å². The van der Waals surface area contributed by atoms with Gasteiger partial charge in [-0.05, 0) is 0 Å². The summed E-state index contributed by atoms with van der Waals surface area (Å²) >= 11 is 0. The van der Waals surface area contributed by atoms with Crippen LogP contribution < -0.4 is 0 Å². The summed E-state index contributed by atoms with van der Waals surface area (Å²) in [6, 6.07) is -0.981. The molecule has 0 bridgehead atoms. The van der Waals surface area contributed by atoms with Crippen LogP contribution in [0.4, 0.5) is 4.79 Å². The molecule has 2 fully saturated rings.